The third kappa shape index (κ3) is 5.19. The molecule has 1 heterocycles. The highest BCUT2D eigenvalue weighted by molar-refractivity contribution is 9.09. The summed E-state index contributed by atoms with van der Waals surface area (Å²) in [6, 6.07) is 2.51. The molecule has 0 unspecified atom stereocenters. The highest BCUT2D eigenvalue weighted by Gasteiger charge is 2.08. The molecule has 0 saturated carbocycles. The van der Waals surface area contributed by atoms with Gasteiger partial charge in [0.25, 0.3) is 0 Å². The topological polar surface area (TPSA) is 30.3 Å². The minimum atomic E-state index is 0.423. The van der Waals surface area contributed by atoms with Crippen molar-refractivity contribution in [3.8, 4) is 0 Å². The molecule has 0 saturated heterocycles. The van der Waals surface area contributed by atoms with Crippen LogP contribution in [-0.4, -0.2) is 46.8 Å². The van der Waals surface area contributed by atoms with Crippen LogP contribution in [0.5, 0.6) is 0 Å². The number of alkyl halides is 1. The van der Waals surface area contributed by atoms with Gasteiger partial charge in [0.05, 0.1) is 12.3 Å². The summed E-state index contributed by atoms with van der Waals surface area (Å²) in [6.07, 6.45) is 2.04. The van der Waals surface area contributed by atoms with Gasteiger partial charge in [0.15, 0.2) is 0 Å². The first-order valence-electron chi connectivity index (χ1n) is 5.98. The molecule has 4 nitrogen and oxygen atoms in total. The normalized spacial score (nSPS) is 11.6. The monoisotopic (exact) mass is 303 g/mol. The summed E-state index contributed by atoms with van der Waals surface area (Å²) < 4.78 is 7.12. The predicted molar refractivity (Wildman–Crippen MR) is 73.6 cm³/mol. The van der Waals surface area contributed by atoms with Gasteiger partial charge < -0.3 is 4.74 Å². The fourth-order valence-corrected chi connectivity index (χ4v) is 2.09. The molecule has 0 aliphatic heterocycles. The molecule has 0 aliphatic rings. The second-order valence-electron chi connectivity index (χ2n) is 4.34. The zero-order valence-corrected chi connectivity index (χ0v) is 12.5. The van der Waals surface area contributed by atoms with Gasteiger partial charge in [-0.1, -0.05) is 15.9 Å². The van der Waals surface area contributed by atoms with Crippen molar-refractivity contribution in [3.05, 3.63) is 18.0 Å². The van der Waals surface area contributed by atoms with E-state index in [-0.39, 0.29) is 0 Å². The van der Waals surface area contributed by atoms with Crippen molar-refractivity contribution in [3.63, 3.8) is 0 Å². The second-order valence-corrected chi connectivity index (χ2v) is 5.13. The number of rotatable bonds is 8. The molecule has 1 aromatic heterocycles. The van der Waals surface area contributed by atoms with Crippen LogP contribution in [0.1, 0.15) is 25.6 Å². The Labute approximate surface area is 112 Å². The van der Waals surface area contributed by atoms with E-state index in [0.29, 0.717) is 6.04 Å². The van der Waals surface area contributed by atoms with Gasteiger partial charge in [-0.3, -0.25) is 9.58 Å². The third-order valence-corrected chi connectivity index (χ3v) is 2.95. The zero-order valence-electron chi connectivity index (χ0n) is 10.9. The number of halogens is 1. The van der Waals surface area contributed by atoms with Crippen molar-refractivity contribution in [2.75, 3.05) is 32.1 Å². The maximum absolute atomic E-state index is 5.12. The molecule has 0 aliphatic carbocycles. The van der Waals surface area contributed by atoms with E-state index >= 15 is 0 Å². The summed E-state index contributed by atoms with van der Waals surface area (Å²) in [5.41, 5.74) is 1.12. The molecule has 17 heavy (non-hydrogen) atoms. The maximum Gasteiger partial charge on any atom is 0.0764 e. The lowest BCUT2D eigenvalue weighted by Crippen LogP contribution is -2.29. The standard InChI is InChI=1S/C12H22BrN3O/c1-11(2)16-6-4-12(14-16)10-15(7-5-13)8-9-17-3/h4,6,11H,5,7-10H2,1-3H3. The van der Waals surface area contributed by atoms with Crippen LogP contribution in [0.2, 0.25) is 0 Å². The molecule has 98 valence electrons. The van der Waals surface area contributed by atoms with E-state index in [1.165, 1.54) is 0 Å². The lowest BCUT2D eigenvalue weighted by molar-refractivity contribution is 0.147. The van der Waals surface area contributed by atoms with Crippen LogP contribution in [0, 0.1) is 0 Å². The Hall–Kier alpha value is -0.390. The fraction of sp³-hybridized carbons (Fsp3) is 0.750. The predicted octanol–water partition coefficient (Wildman–Crippen LogP) is 2.31. The van der Waals surface area contributed by atoms with Crippen molar-refractivity contribution in [2.45, 2.75) is 26.4 Å². The number of nitrogens with zero attached hydrogens (tertiary/aromatic N) is 3. The molecule has 1 rings (SSSR count). The first-order chi connectivity index (χ1) is 8.17. The van der Waals surface area contributed by atoms with E-state index in [0.717, 1.165) is 37.3 Å². The van der Waals surface area contributed by atoms with E-state index in [1.54, 1.807) is 7.11 Å². The average Bonchev–Trinajstić information content (AvgIpc) is 2.75. The Kier molecular flexibility index (Phi) is 6.77. The number of aromatic nitrogens is 2. The highest BCUT2D eigenvalue weighted by atomic mass is 79.9. The lowest BCUT2D eigenvalue weighted by atomic mass is 10.4. The smallest absolute Gasteiger partial charge is 0.0764 e. The first kappa shape index (κ1) is 14.7. The Morgan fingerprint density at radius 2 is 2.24 bits per heavy atom. The Bertz CT molecular complexity index is 314. The van der Waals surface area contributed by atoms with Crippen molar-refractivity contribution >= 4 is 15.9 Å². The van der Waals surface area contributed by atoms with Crippen molar-refractivity contribution in [2.24, 2.45) is 0 Å². The minimum Gasteiger partial charge on any atom is -0.383 e. The number of hydrogen-bond donors (Lipinski definition) is 0. The molecule has 0 fully saturated rings. The molecule has 5 heteroatoms. The second kappa shape index (κ2) is 7.84. The summed E-state index contributed by atoms with van der Waals surface area (Å²) in [7, 11) is 1.74. The molecule has 0 aromatic carbocycles. The molecule has 0 atom stereocenters. The minimum absolute atomic E-state index is 0.423. The summed E-state index contributed by atoms with van der Waals surface area (Å²) in [6.45, 7) is 7.87. The van der Waals surface area contributed by atoms with E-state index < -0.39 is 0 Å². The summed E-state index contributed by atoms with van der Waals surface area (Å²) >= 11 is 3.48. The SMILES string of the molecule is COCCN(CCBr)Cc1ccn(C(C)C)n1. The number of hydrogen-bond acceptors (Lipinski definition) is 3. The first-order valence-corrected chi connectivity index (χ1v) is 7.10. The van der Waals surface area contributed by atoms with Gasteiger partial charge in [0.1, 0.15) is 0 Å². The number of methoxy groups -OCH3 is 1. The van der Waals surface area contributed by atoms with Gasteiger partial charge >= 0.3 is 0 Å². The summed E-state index contributed by atoms with van der Waals surface area (Å²) in [4.78, 5) is 2.34. The van der Waals surface area contributed by atoms with Crippen LogP contribution in [0.15, 0.2) is 12.3 Å². The molecule has 0 bridgehead atoms. The van der Waals surface area contributed by atoms with Gasteiger partial charge in [-0.2, -0.15) is 5.10 Å². The third-order valence-electron chi connectivity index (χ3n) is 2.59. The van der Waals surface area contributed by atoms with Crippen LogP contribution in [0.3, 0.4) is 0 Å². The Morgan fingerprint density at radius 3 is 2.76 bits per heavy atom. The van der Waals surface area contributed by atoms with Crippen molar-refractivity contribution in [1.29, 1.82) is 0 Å². The molecule has 0 amide bonds. The fourth-order valence-electron chi connectivity index (χ4n) is 1.59. The highest BCUT2D eigenvalue weighted by Crippen LogP contribution is 2.07. The van der Waals surface area contributed by atoms with Crippen molar-refractivity contribution < 1.29 is 4.74 Å². The van der Waals surface area contributed by atoms with Crippen molar-refractivity contribution in [1.82, 2.24) is 14.7 Å². The lowest BCUT2D eigenvalue weighted by Gasteiger charge is -2.19. The summed E-state index contributed by atoms with van der Waals surface area (Å²) in [5.74, 6) is 0. The molecular formula is C12H22BrN3O. The zero-order chi connectivity index (χ0) is 12.7. The van der Waals surface area contributed by atoms with Gasteiger partial charge in [-0.25, -0.2) is 0 Å². The average molecular weight is 304 g/mol. The molecular weight excluding hydrogens is 282 g/mol. The molecule has 1 aromatic rings. The maximum atomic E-state index is 5.12. The Balaban J connectivity index is 2.52. The van der Waals surface area contributed by atoms with E-state index in [4.69, 9.17) is 4.74 Å². The van der Waals surface area contributed by atoms with Crippen LogP contribution in [0.4, 0.5) is 0 Å². The van der Waals surface area contributed by atoms with Gasteiger partial charge in [-0.05, 0) is 19.9 Å². The van der Waals surface area contributed by atoms with Crippen LogP contribution < -0.4 is 0 Å². The molecule has 0 N–H and O–H groups in total. The van der Waals surface area contributed by atoms with E-state index in [2.05, 4.69) is 45.8 Å². The van der Waals surface area contributed by atoms with Gasteiger partial charge in [0, 0.05) is 44.3 Å². The van der Waals surface area contributed by atoms with Crippen LogP contribution >= 0.6 is 15.9 Å². The van der Waals surface area contributed by atoms with Gasteiger partial charge in [0.2, 0.25) is 0 Å². The van der Waals surface area contributed by atoms with Crippen LogP contribution in [0.25, 0.3) is 0 Å². The Morgan fingerprint density at radius 1 is 1.47 bits per heavy atom. The van der Waals surface area contributed by atoms with Gasteiger partial charge in [-0.15, -0.1) is 0 Å². The molecule has 0 radical (unpaired) electrons. The summed E-state index contributed by atoms with van der Waals surface area (Å²) in [5, 5.41) is 5.53. The quantitative estimate of drug-likeness (QED) is 0.690. The van der Waals surface area contributed by atoms with E-state index in [9.17, 15) is 0 Å². The number of ether oxygens (including phenoxy) is 1. The molecule has 0 spiro atoms. The van der Waals surface area contributed by atoms with Crippen LogP contribution in [-0.2, 0) is 11.3 Å². The largest absolute Gasteiger partial charge is 0.383 e. The van der Waals surface area contributed by atoms with E-state index in [1.807, 2.05) is 10.9 Å².